The number of sulfonamides is 1. The number of hydrogen-bond acceptors (Lipinski definition) is 7. The molecular weight excluding hydrogens is 434 g/mol. The Morgan fingerprint density at radius 2 is 1.69 bits per heavy atom. The van der Waals surface area contributed by atoms with Crippen molar-refractivity contribution in [1.29, 1.82) is 0 Å². The SMILES string of the molecule is CCOC(=O)C1CCCN(C(=O)CN2CCN(S(=O)(=O)c3ccc(OCC)cc3)CC2)C1. The minimum absolute atomic E-state index is 0.0261. The van der Waals surface area contributed by atoms with Gasteiger partial charge >= 0.3 is 5.97 Å². The maximum atomic E-state index is 12.9. The van der Waals surface area contributed by atoms with Gasteiger partial charge in [0.25, 0.3) is 0 Å². The van der Waals surface area contributed by atoms with Crippen LogP contribution in [0.5, 0.6) is 5.75 Å². The van der Waals surface area contributed by atoms with Crippen LogP contribution in [0.4, 0.5) is 0 Å². The summed E-state index contributed by atoms with van der Waals surface area (Å²) in [6.07, 6.45) is 1.52. The van der Waals surface area contributed by atoms with Crippen molar-refractivity contribution in [2.24, 2.45) is 5.92 Å². The Hall–Kier alpha value is -2.17. The number of hydrogen-bond donors (Lipinski definition) is 0. The molecule has 10 heteroatoms. The monoisotopic (exact) mass is 467 g/mol. The summed E-state index contributed by atoms with van der Waals surface area (Å²) in [5.74, 6) is 0.112. The van der Waals surface area contributed by atoms with Gasteiger partial charge in [0.15, 0.2) is 0 Å². The van der Waals surface area contributed by atoms with E-state index in [1.807, 2.05) is 11.8 Å². The van der Waals surface area contributed by atoms with Gasteiger partial charge in [0.1, 0.15) is 5.75 Å². The van der Waals surface area contributed by atoms with Crippen LogP contribution in [0, 0.1) is 5.92 Å². The maximum Gasteiger partial charge on any atom is 0.310 e. The highest BCUT2D eigenvalue weighted by atomic mass is 32.2. The molecule has 0 saturated carbocycles. The first-order valence-electron chi connectivity index (χ1n) is 11.2. The zero-order chi connectivity index (χ0) is 23.1. The molecule has 2 aliphatic heterocycles. The highest BCUT2D eigenvalue weighted by Crippen LogP contribution is 2.22. The second kappa shape index (κ2) is 11.1. The van der Waals surface area contributed by atoms with Gasteiger partial charge in [-0.25, -0.2) is 8.42 Å². The number of esters is 1. The molecule has 32 heavy (non-hydrogen) atoms. The number of piperazine rings is 1. The number of benzene rings is 1. The molecule has 2 heterocycles. The molecular formula is C22H33N3O6S. The Morgan fingerprint density at radius 1 is 1.00 bits per heavy atom. The Bertz CT molecular complexity index is 881. The summed E-state index contributed by atoms with van der Waals surface area (Å²) >= 11 is 0. The maximum absolute atomic E-state index is 12.9. The van der Waals surface area contributed by atoms with Crippen molar-refractivity contribution in [3.63, 3.8) is 0 Å². The van der Waals surface area contributed by atoms with Gasteiger partial charge in [0.2, 0.25) is 15.9 Å². The summed E-state index contributed by atoms with van der Waals surface area (Å²) in [6.45, 7) is 7.40. The van der Waals surface area contributed by atoms with Crippen molar-refractivity contribution >= 4 is 21.9 Å². The van der Waals surface area contributed by atoms with Gasteiger partial charge in [-0.05, 0) is 51.0 Å². The average Bonchev–Trinajstić information content (AvgIpc) is 2.80. The van der Waals surface area contributed by atoms with Gasteiger partial charge in [-0.1, -0.05) is 0 Å². The van der Waals surface area contributed by atoms with Gasteiger partial charge < -0.3 is 14.4 Å². The molecule has 178 valence electrons. The molecule has 2 aliphatic rings. The first kappa shape index (κ1) is 24.5. The minimum Gasteiger partial charge on any atom is -0.494 e. The molecule has 1 atom stereocenters. The molecule has 0 N–H and O–H groups in total. The Morgan fingerprint density at radius 3 is 2.31 bits per heavy atom. The lowest BCUT2D eigenvalue weighted by Crippen LogP contribution is -2.52. The number of nitrogens with zero attached hydrogens (tertiary/aromatic N) is 3. The smallest absolute Gasteiger partial charge is 0.310 e. The third kappa shape index (κ3) is 5.99. The molecule has 0 spiro atoms. The number of ether oxygens (including phenoxy) is 2. The van der Waals surface area contributed by atoms with E-state index in [1.54, 1.807) is 36.1 Å². The van der Waals surface area contributed by atoms with Crippen molar-refractivity contribution in [2.75, 3.05) is 59.0 Å². The van der Waals surface area contributed by atoms with Crippen LogP contribution in [0.15, 0.2) is 29.2 Å². The second-order valence-electron chi connectivity index (χ2n) is 8.02. The van der Waals surface area contributed by atoms with Gasteiger partial charge in [-0.15, -0.1) is 0 Å². The van der Waals surface area contributed by atoms with Gasteiger partial charge in [-0.2, -0.15) is 4.31 Å². The summed E-state index contributed by atoms with van der Waals surface area (Å²) < 4.78 is 37.8. The standard InChI is InChI=1S/C22H33N3O6S/c1-3-30-19-7-9-20(10-8-19)32(28,29)25-14-12-23(13-15-25)17-21(26)24-11-5-6-18(16-24)22(27)31-4-2/h7-10,18H,3-6,11-17H2,1-2H3. The van der Waals surface area contributed by atoms with Crippen LogP contribution in [-0.4, -0.2) is 93.4 Å². The summed E-state index contributed by atoms with van der Waals surface area (Å²) in [4.78, 5) is 28.7. The van der Waals surface area contributed by atoms with Gasteiger partial charge in [0.05, 0.1) is 30.6 Å². The van der Waals surface area contributed by atoms with E-state index in [9.17, 15) is 18.0 Å². The molecule has 2 fully saturated rings. The summed E-state index contributed by atoms with van der Waals surface area (Å²) in [6, 6.07) is 6.44. The van der Waals surface area contributed by atoms with E-state index < -0.39 is 10.0 Å². The molecule has 1 aromatic carbocycles. The number of rotatable bonds is 8. The van der Waals surface area contributed by atoms with Gasteiger partial charge in [0, 0.05) is 39.3 Å². The van der Waals surface area contributed by atoms with Crippen molar-refractivity contribution in [2.45, 2.75) is 31.6 Å². The molecule has 0 aromatic heterocycles. The summed E-state index contributed by atoms with van der Waals surface area (Å²) in [5, 5.41) is 0. The van der Waals surface area contributed by atoms with Crippen LogP contribution in [0.1, 0.15) is 26.7 Å². The van der Waals surface area contributed by atoms with E-state index in [1.165, 1.54) is 4.31 Å². The van der Waals surface area contributed by atoms with Crippen LogP contribution < -0.4 is 4.74 Å². The molecule has 3 rings (SSSR count). The zero-order valence-corrected chi connectivity index (χ0v) is 19.7. The molecule has 2 saturated heterocycles. The van der Waals surface area contributed by atoms with E-state index in [0.29, 0.717) is 58.2 Å². The molecule has 1 amide bonds. The molecule has 9 nitrogen and oxygen atoms in total. The fourth-order valence-electron chi connectivity index (χ4n) is 4.10. The Balaban J connectivity index is 1.50. The largest absolute Gasteiger partial charge is 0.494 e. The van der Waals surface area contributed by atoms with E-state index in [-0.39, 0.29) is 29.2 Å². The zero-order valence-electron chi connectivity index (χ0n) is 18.9. The molecule has 0 bridgehead atoms. The van der Waals surface area contributed by atoms with Crippen molar-refractivity contribution in [3.05, 3.63) is 24.3 Å². The topological polar surface area (TPSA) is 96.5 Å². The molecule has 0 aliphatic carbocycles. The minimum atomic E-state index is -3.58. The van der Waals surface area contributed by atoms with Gasteiger partial charge in [-0.3, -0.25) is 14.5 Å². The number of amides is 1. The lowest BCUT2D eigenvalue weighted by molar-refractivity contribution is -0.151. The predicted molar refractivity (Wildman–Crippen MR) is 119 cm³/mol. The lowest BCUT2D eigenvalue weighted by Gasteiger charge is -2.36. The first-order chi connectivity index (χ1) is 15.3. The van der Waals surface area contributed by atoms with Crippen molar-refractivity contribution in [1.82, 2.24) is 14.1 Å². The molecule has 0 radical (unpaired) electrons. The highest BCUT2D eigenvalue weighted by Gasteiger charge is 2.32. The van der Waals surface area contributed by atoms with Crippen LogP contribution in [0.25, 0.3) is 0 Å². The first-order valence-corrected chi connectivity index (χ1v) is 12.7. The molecule has 1 aromatic rings. The predicted octanol–water partition coefficient (Wildman–Crippen LogP) is 1.19. The third-order valence-corrected chi connectivity index (χ3v) is 7.77. The number of carbonyl (C=O) groups excluding carboxylic acids is 2. The Labute approximate surface area is 190 Å². The highest BCUT2D eigenvalue weighted by molar-refractivity contribution is 7.89. The molecule has 1 unspecified atom stereocenters. The fraction of sp³-hybridized carbons (Fsp3) is 0.636. The third-order valence-electron chi connectivity index (χ3n) is 5.86. The summed E-state index contributed by atoms with van der Waals surface area (Å²) in [7, 11) is -3.58. The number of carbonyl (C=O) groups is 2. The fourth-order valence-corrected chi connectivity index (χ4v) is 5.52. The van der Waals surface area contributed by atoms with E-state index in [0.717, 1.165) is 12.8 Å². The number of likely N-dealkylation sites (tertiary alicyclic amines) is 1. The lowest BCUT2D eigenvalue weighted by atomic mass is 9.98. The normalized spacial score (nSPS) is 20.7. The van der Waals surface area contributed by atoms with Crippen LogP contribution in [0.3, 0.4) is 0 Å². The van der Waals surface area contributed by atoms with Crippen LogP contribution in [-0.2, 0) is 24.3 Å². The average molecular weight is 468 g/mol. The van der Waals surface area contributed by atoms with Crippen molar-refractivity contribution < 1.29 is 27.5 Å². The second-order valence-corrected chi connectivity index (χ2v) is 9.95. The Kier molecular flexibility index (Phi) is 8.50. The van der Waals surface area contributed by atoms with E-state index in [4.69, 9.17) is 9.47 Å². The quantitative estimate of drug-likeness (QED) is 0.530. The van der Waals surface area contributed by atoms with Crippen LogP contribution >= 0.6 is 0 Å². The number of piperidine rings is 1. The van der Waals surface area contributed by atoms with E-state index >= 15 is 0 Å². The van der Waals surface area contributed by atoms with Crippen LogP contribution in [0.2, 0.25) is 0 Å². The summed E-state index contributed by atoms with van der Waals surface area (Å²) in [5.41, 5.74) is 0. The van der Waals surface area contributed by atoms with Crippen molar-refractivity contribution in [3.8, 4) is 5.75 Å². The van der Waals surface area contributed by atoms with E-state index in [2.05, 4.69) is 0 Å².